The third kappa shape index (κ3) is 6.87. The van der Waals surface area contributed by atoms with Gasteiger partial charge in [0.2, 0.25) is 5.88 Å². The summed E-state index contributed by atoms with van der Waals surface area (Å²) in [5.74, 6) is 3.37. The number of rotatable bonds is 10. The van der Waals surface area contributed by atoms with E-state index in [-0.39, 0.29) is 5.88 Å². The van der Waals surface area contributed by atoms with Gasteiger partial charge in [-0.05, 0) is 99.9 Å². The van der Waals surface area contributed by atoms with Crippen molar-refractivity contribution >= 4 is 50.6 Å². The summed E-state index contributed by atoms with van der Waals surface area (Å²) in [4.78, 5) is 4.63. The van der Waals surface area contributed by atoms with Crippen LogP contribution >= 0.6 is 38.5 Å². The van der Waals surface area contributed by atoms with E-state index in [4.69, 9.17) is 23.4 Å². The number of ether oxygens (including phenoxy) is 4. The van der Waals surface area contributed by atoms with Crippen LogP contribution in [0.2, 0.25) is 0 Å². The normalized spacial score (nSPS) is 10.9. The topological polar surface area (TPSA) is 86.2 Å². The zero-order valence-electron chi connectivity index (χ0n) is 23.6. The molecule has 0 unspecified atom stereocenters. The average Bonchev–Trinajstić information content (AvgIpc) is 3.42. The molecule has 0 atom stereocenters. The van der Waals surface area contributed by atoms with Gasteiger partial charge >= 0.3 is 0 Å². The second-order valence-corrected chi connectivity index (χ2v) is 11.3. The average molecular weight is 749 g/mol. The molecule has 43 heavy (non-hydrogen) atoms. The first-order valence-electron chi connectivity index (χ1n) is 13.1. The number of aliphatic imine (C=N–C) groups is 1. The Balaban J connectivity index is 1.51. The Hall–Kier alpha value is -4.27. The van der Waals surface area contributed by atoms with Crippen molar-refractivity contribution in [2.24, 2.45) is 4.99 Å². The van der Waals surface area contributed by atoms with E-state index >= 15 is 0 Å². The van der Waals surface area contributed by atoms with Gasteiger partial charge in [0.15, 0.2) is 11.5 Å². The molecule has 1 aromatic heterocycles. The maximum atomic E-state index is 10.3. The fourth-order valence-corrected chi connectivity index (χ4v) is 5.46. The van der Waals surface area contributed by atoms with Gasteiger partial charge in [0.05, 0.1) is 24.9 Å². The van der Waals surface area contributed by atoms with Gasteiger partial charge in [0.1, 0.15) is 35.5 Å². The molecule has 0 aliphatic rings. The highest BCUT2D eigenvalue weighted by atomic mass is 127. The number of nitrogens with zero attached hydrogens (tertiary/aromatic N) is 2. The lowest BCUT2D eigenvalue weighted by molar-refractivity contribution is 0.282. The summed E-state index contributed by atoms with van der Waals surface area (Å²) in [7, 11) is 4.82. The maximum Gasteiger partial charge on any atom is 0.238 e. The summed E-state index contributed by atoms with van der Waals surface area (Å²) in [6.45, 7) is 0.396. The number of methoxy groups -OCH3 is 3. The van der Waals surface area contributed by atoms with Crippen molar-refractivity contribution in [3.63, 3.8) is 0 Å². The van der Waals surface area contributed by atoms with Crippen molar-refractivity contribution in [2.45, 2.75) is 6.61 Å². The Morgan fingerprint density at radius 3 is 2.07 bits per heavy atom. The molecule has 0 saturated heterocycles. The molecule has 7 nitrogen and oxygen atoms in total. The van der Waals surface area contributed by atoms with Crippen molar-refractivity contribution in [3.05, 3.63) is 110 Å². The van der Waals surface area contributed by atoms with Gasteiger partial charge in [-0.3, -0.25) is 0 Å². The summed E-state index contributed by atoms with van der Waals surface area (Å²) in [6, 6.07) is 29.0. The van der Waals surface area contributed by atoms with Crippen LogP contribution in [0.4, 0.5) is 5.88 Å². The van der Waals surface area contributed by atoms with Gasteiger partial charge < -0.3 is 23.4 Å². The van der Waals surface area contributed by atoms with Gasteiger partial charge in [-0.25, -0.2) is 4.99 Å². The second kappa shape index (κ2) is 13.8. The van der Waals surface area contributed by atoms with Crippen molar-refractivity contribution < 1.29 is 23.4 Å². The van der Waals surface area contributed by atoms with Crippen LogP contribution in [0.15, 0.2) is 98.8 Å². The Bertz CT molecular complexity index is 1790. The summed E-state index contributed by atoms with van der Waals surface area (Å²) in [6.07, 6.45) is 1.65. The van der Waals surface area contributed by atoms with Gasteiger partial charge in [-0.1, -0.05) is 40.2 Å². The lowest BCUT2D eigenvalue weighted by atomic mass is 9.98. The predicted molar refractivity (Wildman–Crippen MR) is 179 cm³/mol. The number of halogens is 2. The fraction of sp³-hybridized carbons (Fsp3) is 0.118. The molecule has 0 saturated carbocycles. The minimum absolute atomic E-state index is 0.198. The van der Waals surface area contributed by atoms with Crippen LogP contribution in [0.5, 0.6) is 23.0 Å². The van der Waals surface area contributed by atoms with Crippen LogP contribution in [0.25, 0.3) is 22.5 Å². The Morgan fingerprint density at radius 2 is 1.49 bits per heavy atom. The summed E-state index contributed by atoms with van der Waals surface area (Å²) in [5.41, 5.74) is 4.35. The highest BCUT2D eigenvalue weighted by molar-refractivity contribution is 14.1. The van der Waals surface area contributed by atoms with E-state index in [9.17, 15) is 5.26 Å². The van der Waals surface area contributed by atoms with Crippen LogP contribution in [0.3, 0.4) is 0 Å². The number of hydrogen-bond acceptors (Lipinski definition) is 7. The van der Waals surface area contributed by atoms with Crippen molar-refractivity contribution in [1.29, 1.82) is 5.26 Å². The zero-order chi connectivity index (χ0) is 30.3. The zero-order valence-corrected chi connectivity index (χ0v) is 27.3. The first kappa shape index (κ1) is 30.2. The van der Waals surface area contributed by atoms with Crippen LogP contribution in [-0.2, 0) is 6.61 Å². The van der Waals surface area contributed by atoms with Gasteiger partial charge in [-0.2, -0.15) is 5.26 Å². The van der Waals surface area contributed by atoms with E-state index in [1.54, 1.807) is 27.5 Å². The number of furan rings is 1. The fourth-order valence-electron chi connectivity index (χ4n) is 4.42. The third-order valence-electron chi connectivity index (χ3n) is 6.61. The lowest BCUT2D eigenvalue weighted by Gasteiger charge is -2.13. The smallest absolute Gasteiger partial charge is 0.238 e. The van der Waals surface area contributed by atoms with Crippen molar-refractivity contribution in [2.75, 3.05) is 21.3 Å². The van der Waals surface area contributed by atoms with Crippen molar-refractivity contribution in [1.82, 2.24) is 0 Å². The summed E-state index contributed by atoms with van der Waals surface area (Å²) in [5, 5.41) is 10.3. The van der Waals surface area contributed by atoms with E-state index in [0.29, 0.717) is 46.5 Å². The molecule has 0 bridgehead atoms. The van der Waals surface area contributed by atoms with Crippen LogP contribution < -0.4 is 18.9 Å². The van der Waals surface area contributed by atoms with Crippen molar-refractivity contribution in [3.8, 4) is 51.5 Å². The maximum absolute atomic E-state index is 10.3. The molecule has 0 aliphatic heterocycles. The molecule has 5 aromatic rings. The minimum atomic E-state index is 0.198. The molecule has 0 aliphatic carbocycles. The number of hydrogen-bond donors (Lipinski definition) is 0. The molecule has 0 N–H and O–H groups in total. The third-order valence-corrected chi connectivity index (χ3v) is 7.94. The summed E-state index contributed by atoms with van der Waals surface area (Å²) >= 11 is 5.67. The van der Waals surface area contributed by atoms with Crippen LogP contribution in [-0.4, -0.2) is 27.5 Å². The predicted octanol–water partition coefficient (Wildman–Crippen LogP) is 9.21. The monoisotopic (exact) mass is 748 g/mol. The summed E-state index contributed by atoms with van der Waals surface area (Å²) < 4.78 is 30.6. The molecule has 5 rings (SSSR count). The minimum Gasteiger partial charge on any atom is -0.497 e. The van der Waals surface area contributed by atoms with E-state index in [0.717, 1.165) is 30.3 Å². The Morgan fingerprint density at radius 1 is 0.860 bits per heavy atom. The molecule has 0 radical (unpaired) electrons. The standard InChI is InChI=1S/C34H26BrIN2O5/c1-39-26-12-6-23(7-13-26)31-28(18-37)34(43-32(31)24-8-14-27(40-2)15-9-24)38-19-22-16-29(36)33(30(17-22)41-3)42-20-21-4-10-25(35)11-5-21/h4-17,19H,20H2,1-3H3. The SMILES string of the molecule is COc1ccc(-c2oc(N=Cc3cc(I)c(OCc4ccc(Br)cc4)c(OC)c3)c(C#N)c2-c2ccc(OC)cc2)cc1. The molecule has 216 valence electrons. The largest absolute Gasteiger partial charge is 0.497 e. The quantitative estimate of drug-likeness (QED) is 0.105. The molecule has 9 heteroatoms. The van der Waals surface area contributed by atoms with Crippen LogP contribution in [0, 0.1) is 14.9 Å². The number of benzene rings is 4. The molecule has 1 heterocycles. The first-order chi connectivity index (χ1) is 20.9. The van der Waals surface area contributed by atoms with E-state index < -0.39 is 0 Å². The first-order valence-corrected chi connectivity index (χ1v) is 15.0. The molecular weight excluding hydrogens is 723 g/mol. The second-order valence-electron chi connectivity index (χ2n) is 9.26. The molecule has 0 spiro atoms. The Labute approximate surface area is 272 Å². The lowest BCUT2D eigenvalue weighted by Crippen LogP contribution is -2.00. The van der Waals surface area contributed by atoms with E-state index in [1.165, 1.54) is 0 Å². The highest BCUT2D eigenvalue weighted by Crippen LogP contribution is 2.43. The van der Waals surface area contributed by atoms with E-state index in [1.807, 2.05) is 84.9 Å². The van der Waals surface area contributed by atoms with Crippen LogP contribution in [0.1, 0.15) is 16.7 Å². The number of nitriles is 1. The van der Waals surface area contributed by atoms with E-state index in [2.05, 4.69) is 49.6 Å². The van der Waals surface area contributed by atoms with Gasteiger partial charge in [0, 0.05) is 21.8 Å². The highest BCUT2D eigenvalue weighted by Gasteiger charge is 2.23. The molecule has 0 amide bonds. The Kier molecular flexibility index (Phi) is 9.69. The molecule has 4 aromatic carbocycles. The van der Waals surface area contributed by atoms with Gasteiger partial charge in [0.25, 0.3) is 0 Å². The molecular formula is C34H26BrIN2O5. The molecule has 0 fully saturated rings. The van der Waals surface area contributed by atoms with Gasteiger partial charge in [-0.15, -0.1) is 0 Å².